The van der Waals surface area contributed by atoms with E-state index in [4.69, 9.17) is 9.97 Å². The number of amides is 1. The quantitative estimate of drug-likeness (QED) is 0.496. The van der Waals surface area contributed by atoms with E-state index in [1.165, 1.54) is 5.56 Å². The highest BCUT2D eigenvalue weighted by Crippen LogP contribution is 2.26. The summed E-state index contributed by atoms with van der Waals surface area (Å²) >= 11 is 0. The first-order valence-electron chi connectivity index (χ1n) is 13.5. The first-order chi connectivity index (χ1) is 18.1. The first-order valence-corrected chi connectivity index (χ1v) is 13.5. The molecule has 0 saturated heterocycles. The van der Waals surface area contributed by atoms with Gasteiger partial charge < -0.3 is 15.5 Å². The van der Waals surface area contributed by atoms with Crippen LogP contribution >= 0.6 is 0 Å². The zero-order valence-corrected chi connectivity index (χ0v) is 21.9. The molecule has 0 aliphatic heterocycles. The molecule has 1 heterocycles. The van der Waals surface area contributed by atoms with Gasteiger partial charge in [-0.3, -0.25) is 4.79 Å². The summed E-state index contributed by atoms with van der Waals surface area (Å²) in [6, 6.07) is 18.6. The second kappa shape index (κ2) is 11.6. The lowest BCUT2D eigenvalue weighted by atomic mass is 9.86. The zero-order valence-electron chi connectivity index (χ0n) is 21.9. The summed E-state index contributed by atoms with van der Waals surface area (Å²) in [6.07, 6.45) is 11.6. The van der Waals surface area contributed by atoms with Crippen LogP contribution in [0.15, 0.2) is 54.6 Å². The molecule has 6 heteroatoms. The Morgan fingerprint density at radius 3 is 2.43 bits per heavy atom. The van der Waals surface area contributed by atoms with Crippen molar-refractivity contribution in [3.63, 3.8) is 0 Å². The molecular formula is C31H37N5O. The van der Waals surface area contributed by atoms with Gasteiger partial charge in [0, 0.05) is 37.5 Å². The maximum absolute atomic E-state index is 13.1. The van der Waals surface area contributed by atoms with Crippen LogP contribution in [0.5, 0.6) is 0 Å². The normalized spacial score (nSPS) is 18.6. The largest absolute Gasteiger partial charge is 0.362 e. The molecular weight excluding hydrogens is 458 g/mol. The van der Waals surface area contributed by atoms with Crippen LogP contribution in [0.1, 0.15) is 60.0 Å². The van der Waals surface area contributed by atoms with Crippen molar-refractivity contribution in [3.05, 3.63) is 81.9 Å². The Labute approximate surface area is 219 Å². The number of nitrogens with zero attached hydrogens (tertiary/aromatic N) is 3. The molecule has 2 aromatic carbocycles. The Morgan fingerprint density at radius 2 is 1.65 bits per heavy atom. The lowest BCUT2D eigenvalue weighted by Crippen LogP contribution is -2.39. The van der Waals surface area contributed by atoms with Crippen LogP contribution in [-0.2, 0) is 6.42 Å². The Hall–Kier alpha value is -3.67. The fraction of sp³-hybridized carbons (Fsp3) is 0.387. The van der Waals surface area contributed by atoms with E-state index >= 15 is 0 Å². The third-order valence-electron chi connectivity index (χ3n) is 7.46. The minimum absolute atomic E-state index is 0.0264. The van der Waals surface area contributed by atoms with Crippen LogP contribution in [0.2, 0.25) is 0 Å². The van der Waals surface area contributed by atoms with Crippen LogP contribution in [0.4, 0.5) is 11.8 Å². The molecule has 0 unspecified atom stereocenters. The van der Waals surface area contributed by atoms with E-state index in [0.717, 1.165) is 85.0 Å². The molecule has 2 aliphatic rings. The molecule has 1 amide bonds. The zero-order chi connectivity index (χ0) is 25.6. The van der Waals surface area contributed by atoms with E-state index in [1.54, 1.807) is 0 Å². The SMILES string of the molecule is CN(C)c1nc(NC2CCC(CNC(=O)c3ccccc3Cc3ccccc3)CC2)nc2c1=CCCC=2. The number of benzene rings is 2. The summed E-state index contributed by atoms with van der Waals surface area (Å²) in [4.78, 5) is 24.8. The highest BCUT2D eigenvalue weighted by molar-refractivity contribution is 5.95. The van der Waals surface area contributed by atoms with Gasteiger partial charge in [0.05, 0.1) is 5.35 Å². The number of anilines is 2. The van der Waals surface area contributed by atoms with Gasteiger partial charge in [0.15, 0.2) is 0 Å². The van der Waals surface area contributed by atoms with E-state index in [1.807, 2.05) is 50.5 Å². The van der Waals surface area contributed by atoms with Crippen molar-refractivity contribution in [2.24, 2.45) is 5.92 Å². The molecule has 1 aromatic heterocycles. The van der Waals surface area contributed by atoms with Gasteiger partial charge in [0.1, 0.15) is 5.82 Å². The van der Waals surface area contributed by atoms with Crippen LogP contribution in [0.25, 0.3) is 12.2 Å². The summed E-state index contributed by atoms with van der Waals surface area (Å²) in [5.41, 5.74) is 3.05. The summed E-state index contributed by atoms with van der Waals surface area (Å²) < 4.78 is 0. The number of fused-ring (bicyclic) bond motifs is 1. The number of nitrogens with one attached hydrogen (secondary N) is 2. The first kappa shape index (κ1) is 25.0. The van der Waals surface area contributed by atoms with Gasteiger partial charge in [-0.05, 0) is 68.1 Å². The molecule has 2 N–H and O–H groups in total. The van der Waals surface area contributed by atoms with Crippen LogP contribution < -0.4 is 26.1 Å². The molecule has 1 saturated carbocycles. The van der Waals surface area contributed by atoms with E-state index in [9.17, 15) is 4.79 Å². The van der Waals surface area contributed by atoms with E-state index in [2.05, 4.69) is 45.9 Å². The van der Waals surface area contributed by atoms with Gasteiger partial charge in [-0.15, -0.1) is 0 Å². The molecule has 0 atom stereocenters. The molecule has 6 nitrogen and oxygen atoms in total. The van der Waals surface area contributed by atoms with Crippen LogP contribution in [-0.4, -0.2) is 42.6 Å². The fourth-order valence-corrected chi connectivity index (χ4v) is 5.42. The van der Waals surface area contributed by atoms with Gasteiger partial charge in [-0.1, -0.05) is 60.7 Å². The third-order valence-corrected chi connectivity index (χ3v) is 7.46. The molecule has 0 bridgehead atoms. The van der Waals surface area contributed by atoms with Crippen molar-refractivity contribution >= 4 is 29.8 Å². The van der Waals surface area contributed by atoms with Crippen molar-refractivity contribution in [1.29, 1.82) is 0 Å². The van der Waals surface area contributed by atoms with Crippen LogP contribution in [0, 0.1) is 5.92 Å². The van der Waals surface area contributed by atoms with E-state index < -0.39 is 0 Å². The summed E-state index contributed by atoms with van der Waals surface area (Å²) in [5.74, 6) is 2.22. The highest BCUT2D eigenvalue weighted by Gasteiger charge is 2.23. The number of hydrogen-bond donors (Lipinski definition) is 2. The van der Waals surface area contributed by atoms with Gasteiger partial charge in [-0.25, -0.2) is 4.98 Å². The molecule has 0 radical (unpaired) electrons. The molecule has 0 spiro atoms. The minimum Gasteiger partial charge on any atom is -0.362 e. The molecule has 37 heavy (non-hydrogen) atoms. The fourth-order valence-electron chi connectivity index (χ4n) is 5.42. The summed E-state index contributed by atoms with van der Waals surface area (Å²) in [5, 5.41) is 9.00. The van der Waals surface area contributed by atoms with E-state index in [-0.39, 0.29) is 5.91 Å². The minimum atomic E-state index is 0.0264. The Morgan fingerprint density at radius 1 is 0.919 bits per heavy atom. The van der Waals surface area contributed by atoms with Crippen molar-refractivity contribution in [1.82, 2.24) is 15.3 Å². The molecule has 2 aliphatic carbocycles. The Kier molecular flexibility index (Phi) is 7.83. The number of carbonyl (C=O) groups excluding carboxylic acids is 1. The number of carbonyl (C=O) groups is 1. The van der Waals surface area contributed by atoms with Gasteiger partial charge in [0.2, 0.25) is 5.95 Å². The predicted molar refractivity (Wildman–Crippen MR) is 151 cm³/mol. The smallest absolute Gasteiger partial charge is 0.251 e. The summed E-state index contributed by atoms with van der Waals surface area (Å²) in [6.45, 7) is 0.718. The Balaban J connectivity index is 1.15. The average Bonchev–Trinajstić information content (AvgIpc) is 2.93. The standard InChI is InChI=1S/C31H37N5O/c1-36(2)29-27-14-8-9-15-28(27)34-31(35-29)33-25-18-16-23(17-19-25)21-32-30(37)26-13-7-6-12-24(26)20-22-10-4-3-5-11-22/h3-7,10-15,23,25H,8-9,16-21H2,1-2H3,(H,32,37)(H,33,34). The molecule has 3 aromatic rings. The lowest BCUT2D eigenvalue weighted by molar-refractivity contribution is 0.0942. The predicted octanol–water partition coefficient (Wildman–Crippen LogP) is 3.89. The maximum atomic E-state index is 13.1. The number of aromatic nitrogens is 2. The van der Waals surface area contributed by atoms with Gasteiger partial charge in [0.25, 0.3) is 5.91 Å². The second-order valence-corrected chi connectivity index (χ2v) is 10.4. The monoisotopic (exact) mass is 495 g/mol. The topological polar surface area (TPSA) is 70.2 Å². The van der Waals surface area contributed by atoms with Gasteiger partial charge >= 0.3 is 0 Å². The molecule has 192 valence electrons. The molecule has 1 fully saturated rings. The Bertz CT molecular complexity index is 1340. The van der Waals surface area contributed by atoms with Crippen molar-refractivity contribution < 1.29 is 4.79 Å². The summed E-state index contributed by atoms with van der Waals surface area (Å²) in [7, 11) is 4.07. The number of hydrogen-bond acceptors (Lipinski definition) is 5. The second-order valence-electron chi connectivity index (χ2n) is 10.4. The third kappa shape index (κ3) is 6.19. The van der Waals surface area contributed by atoms with Crippen molar-refractivity contribution in [2.75, 3.05) is 30.9 Å². The van der Waals surface area contributed by atoms with E-state index in [0.29, 0.717) is 12.0 Å². The average molecular weight is 496 g/mol. The number of rotatable bonds is 8. The maximum Gasteiger partial charge on any atom is 0.251 e. The molecule has 5 rings (SSSR count). The van der Waals surface area contributed by atoms with Crippen molar-refractivity contribution in [2.45, 2.75) is 51.0 Å². The van der Waals surface area contributed by atoms with Crippen LogP contribution in [0.3, 0.4) is 0 Å². The lowest BCUT2D eigenvalue weighted by Gasteiger charge is -2.29. The van der Waals surface area contributed by atoms with Gasteiger partial charge in [-0.2, -0.15) is 4.98 Å². The van der Waals surface area contributed by atoms with Crippen molar-refractivity contribution in [3.8, 4) is 0 Å². The highest BCUT2D eigenvalue weighted by atomic mass is 16.1.